The molecule has 18 heavy (non-hydrogen) atoms. The number of rotatable bonds is 7. The van der Waals surface area contributed by atoms with E-state index in [1.165, 1.54) is 0 Å². The van der Waals surface area contributed by atoms with Gasteiger partial charge in [0.25, 0.3) is 0 Å². The van der Waals surface area contributed by atoms with Crippen molar-refractivity contribution in [3.8, 4) is 0 Å². The smallest absolute Gasteiger partial charge is 0.0931 e. The molecule has 1 aromatic heterocycles. The van der Waals surface area contributed by atoms with E-state index in [9.17, 15) is 5.11 Å². The average molecular weight is 252 g/mol. The maximum Gasteiger partial charge on any atom is 0.0931 e. The Morgan fingerprint density at radius 3 is 2.56 bits per heavy atom. The maximum atomic E-state index is 9.45. The molecule has 0 amide bonds. The Bertz CT molecular complexity index is 338. The van der Waals surface area contributed by atoms with E-state index in [0.29, 0.717) is 18.3 Å². The SMILES string of the molecule is CCC(C)N(CCOC)c1ccc([C@@H](C)O)nc1. The maximum absolute atomic E-state index is 9.45. The Labute approximate surface area is 110 Å². The topological polar surface area (TPSA) is 45.6 Å². The van der Waals surface area contributed by atoms with Crippen molar-refractivity contribution < 1.29 is 9.84 Å². The van der Waals surface area contributed by atoms with Crippen LogP contribution in [-0.2, 0) is 4.74 Å². The molecular formula is C14H24N2O2. The first-order valence-electron chi connectivity index (χ1n) is 6.49. The first-order chi connectivity index (χ1) is 8.60. The largest absolute Gasteiger partial charge is 0.387 e. The van der Waals surface area contributed by atoms with E-state index in [1.807, 2.05) is 18.3 Å². The van der Waals surface area contributed by atoms with Crippen LogP contribution in [-0.4, -0.2) is 36.4 Å². The van der Waals surface area contributed by atoms with Crippen molar-refractivity contribution in [2.75, 3.05) is 25.2 Å². The summed E-state index contributed by atoms with van der Waals surface area (Å²) >= 11 is 0. The molecule has 1 heterocycles. The van der Waals surface area contributed by atoms with Crippen molar-refractivity contribution in [3.63, 3.8) is 0 Å². The highest BCUT2D eigenvalue weighted by atomic mass is 16.5. The van der Waals surface area contributed by atoms with E-state index in [0.717, 1.165) is 18.7 Å². The van der Waals surface area contributed by atoms with Gasteiger partial charge in [-0.2, -0.15) is 0 Å². The predicted molar refractivity (Wildman–Crippen MR) is 73.8 cm³/mol. The van der Waals surface area contributed by atoms with Gasteiger partial charge in [-0.25, -0.2) is 0 Å². The molecule has 1 N–H and O–H groups in total. The molecule has 0 bridgehead atoms. The Balaban J connectivity index is 2.83. The van der Waals surface area contributed by atoms with Crippen molar-refractivity contribution in [2.45, 2.75) is 39.3 Å². The van der Waals surface area contributed by atoms with Gasteiger partial charge in [-0.05, 0) is 32.4 Å². The predicted octanol–water partition coefficient (Wildman–Crippen LogP) is 2.39. The van der Waals surface area contributed by atoms with E-state index in [2.05, 4.69) is 23.7 Å². The van der Waals surface area contributed by atoms with Crippen LogP contribution in [0.1, 0.15) is 39.0 Å². The first kappa shape index (κ1) is 14.9. The molecule has 0 aliphatic heterocycles. The Hall–Kier alpha value is -1.13. The third-order valence-electron chi connectivity index (χ3n) is 3.19. The monoisotopic (exact) mass is 252 g/mol. The van der Waals surface area contributed by atoms with Gasteiger partial charge in [-0.1, -0.05) is 6.92 Å². The van der Waals surface area contributed by atoms with Crippen LogP contribution in [0.25, 0.3) is 0 Å². The molecule has 0 spiro atoms. The van der Waals surface area contributed by atoms with E-state index >= 15 is 0 Å². The van der Waals surface area contributed by atoms with Gasteiger partial charge in [0.15, 0.2) is 0 Å². The van der Waals surface area contributed by atoms with Crippen LogP contribution >= 0.6 is 0 Å². The summed E-state index contributed by atoms with van der Waals surface area (Å²) in [6.07, 6.45) is 2.38. The lowest BCUT2D eigenvalue weighted by Gasteiger charge is -2.30. The number of aliphatic hydroxyl groups excluding tert-OH is 1. The molecule has 1 unspecified atom stereocenters. The third kappa shape index (κ3) is 3.96. The van der Waals surface area contributed by atoms with E-state index in [4.69, 9.17) is 4.74 Å². The molecule has 0 fully saturated rings. The number of pyridine rings is 1. The normalized spacial score (nSPS) is 14.3. The van der Waals surface area contributed by atoms with Crippen molar-refractivity contribution in [1.29, 1.82) is 0 Å². The number of anilines is 1. The van der Waals surface area contributed by atoms with Gasteiger partial charge in [0, 0.05) is 19.7 Å². The molecule has 0 aromatic carbocycles. The lowest BCUT2D eigenvalue weighted by molar-refractivity contribution is 0.194. The molecule has 0 saturated heterocycles. The molecule has 2 atom stereocenters. The van der Waals surface area contributed by atoms with Crippen molar-refractivity contribution in [1.82, 2.24) is 4.98 Å². The molecule has 4 heteroatoms. The minimum Gasteiger partial charge on any atom is -0.387 e. The van der Waals surface area contributed by atoms with Crippen LogP contribution in [0.2, 0.25) is 0 Å². The Morgan fingerprint density at radius 1 is 1.39 bits per heavy atom. The average Bonchev–Trinajstić information content (AvgIpc) is 2.39. The van der Waals surface area contributed by atoms with Gasteiger partial charge >= 0.3 is 0 Å². The highest BCUT2D eigenvalue weighted by molar-refractivity contribution is 5.45. The summed E-state index contributed by atoms with van der Waals surface area (Å²) < 4.78 is 5.15. The molecular weight excluding hydrogens is 228 g/mol. The second kappa shape index (κ2) is 7.34. The molecule has 0 aliphatic carbocycles. The zero-order valence-electron chi connectivity index (χ0n) is 11.8. The van der Waals surface area contributed by atoms with Crippen LogP contribution in [0, 0.1) is 0 Å². The van der Waals surface area contributed by atoms with Crippen LogP contribution in [0.15, 0.2) is 18.3 Å². The lowest BCUT2D eigenvalue weighted by Crippen LogP contribution is -2.35. The summed E-state index contributed by atoms with van der Waals surface area (Å²) in [6, 6.07) is 4.33. The number of aromatic nitrogens is 1. The summed E-state index contributed by atoms with van der Waals surface area (Å²) in [5, 5.41) is 9.45. The minimum absolute atomic E-state index is 0.444. The molecule has 0 radical (unpaired) electrons. The molecule has 0 aliphatic rings. The summed E-state index contributed by atoms with van der Waals surface area (Å²) in [5.41, 5.74) is 1.78. The van der Waals surface area contributed by atoms with E-state index in [-0.39, 0.29) is 0 Å². The van der Waals surface area contributed by atoms with Gasteiger partial charge in [0.05, 0.1) is 30.3 Å². The highest BCUT2D eigenvalue weighted by Gasteiger charge is 2.13. The number of ether oxygens (including phenoxy) is 1. The fourth-order valence-corrected chi connectivity index (χ4v) is 1.83. The molecule has 102 valence electrons. The van der Waals surface area contributed by atoms with Gasteiger partial charge < -0.3 is 14.7 Å². The van der Waals surface area contributed by atoms with Crippen LogP contribution in [0.3, 0.4) is 0 Å². The van der Waals surface area contributed by atoms with Gasteiger partial charge in [-0.3, -0.25) is 4.98 Å². The van der Waals surface area contributed by atoms with Crippen molar-refractivity contribution in [3.05, 3.63) is 24.0 Å². The summed E-state index contributed by atoms with van der Waals surface area (Å²) in [6.45, 7) is 7.63. The van der Waals surface area contributed by atoms with Gasteiger partial charge in [0.2, 0.25) is 0 Å². The van der Waals surface area contributed by atoms with Crippen molar-refractivity contribution >= 4 is 5.69 Å². The van der Waals surface area contributed by atoms with E-state index in [1.54, 1.807) is 14.0 Å². The van der Waals surface area contributed by atoms with Gasteiger partial charge in [0.1, 0.15) is 0 Å². The van der Waals surface area contributed by atoms with Crippen LogP contribution in [0.4, 0.5) is 5.69 Å². The van der Waals surface area contributed by atoms with Gasteiger partial charge in [-0.15, -0.1) is 0 Å². The standard InChI is InChI=1S/C14H24N2O2/c1-5-11(2)16(8-9-18-4)13-6-7-14(12(3)17)15-10-13/h6-7,10-12,17H,5,8-9H2,1-4H3/t11?,12-/m1/s1. The molecule has 4 nitrogen and oxygen atoms in total. The molecule has 0 saturated carbocycles. The second-order valence-electron chi connectivity index (χ2n) is 4.56. The minimum atomic E-state index is -0.518. The number of methoxy groups -OCH3 is 1. The number of nitrogens with zero attached hydrogens (tertiary/aromatic N) is 2. The number of aliphatic hydroxyl groups is 1. The fourth-order valence-electron chi connectivity index (χ4n) is 1.83. The fraction of sp³-hybridized carbons (Fsp3) is 0.643. The summed E-state index contributed by atoms with van der Waals surface area (Å²) in [4.78, 5) is 6.57. The van der Waals surface area contributed by atoms with Crippen LogP contribution in [0.5, 0.6) is 0 Å². The number of hydrogen-bond acceptors (Lipinski definition) is 4. The zero-order valence-corrected chi connectivity index (χ0v) is 11.8. The third-order valence-corrected chi connectivity index (χ3v) is 3.19. The van der Waals surface area contributed by atoms with Crippen molar-refractivity contribution in [2.24, 2.45) is 0 Å². The highest BCUT2D eigenvalue weighted by Crippen LogP contribution is 2.19. The zero-order chi connectivity index (χ0) is 13.5. The Morgan fingerprint density at radius 2 is 2.11 bits per heavy atom. The molecule has 1 rings (SSSR count). The first-order valence-corrected chi connectivity index (χ1v) is 6.49. The summed E-state index contributed by atoms with van der Waals surface area (Å²) in [7, 11) is 1.71. The second-order valence-corrected chi connectivity index (χ2v) is 4.56. The number of hydrogen-bond donors (Lipinski definition) is 1. The lowest BCUT2D eigenvalue weighted by atomic mass is 10.2. The Kier molecular flexibility index (Phi) is 6.09. The quantitative estimate of drug-likeness (QED) is 0.809. The summed E-state index contributed by atoms with van der Waals surface area (Å²) in [5.74, 6) is 0. The van der Waals surface area contributed by atoms with E-state index < -0.39 is 6.10 Å². The molecule has 1 aromatic rings. The van der Waals surface area contributed by atoms with Crippen LogP contribution < -0.4 is 4.90 Å².